The van der Waals surface area contributed by atoms with Gasteiger partial charge in [0.2, 0.25) is 0 Å². The zero-order chi connectivity index (χ0) is 19.4. The first-order valence-electron chi connectivity index (χ1n) is 7.86. The molecule has 0 fully saturated rings. The van der Waals surface area contributed by atoms with E-state index in [4.69, 9.17) is 0 Å². The number of carbonyl (C=O) groups is 1. The normalized spacial score (nSPS) is 11.1. The van der Waals surface area contributed by atoms with Gasteiger partial charge >= 0.3 is 12.3 Å². The number of rotatable bonds is 4. The second-order valence-electron chi connectivity index (χ2n) is 5.58. The molecule has 2 aromatic carbocycles. The molecule has 0 bridgehead atoms. The summed E-state index contributed by atoms with van der Waals surface area (Å²) in [4.78, 5) is 15.7. The number of alkyl halides is 3. The standard InChI is InChI=1S/C20H14F3NO3/c1-26-19(25)16-10-15(11-24-12-16)13-5-4-6-14(9-13)17-7-2-3-8-18(17)27-20(21,22)23/h2-12H,1H3. The largest absolute Gasteiger partial charge is 0.573 e. The van der Waals surface area contributed by atoms with Gasteiger partial charge in [-0.3, -0.25) is 4.98 Å². The first kappa shape index (κ1) is 18.4. The van der Waals surface area contributed by atoms with Crippen LogP contribution in [0, 0.1) is 0 Å². The number of ether oxygens (including phenoxy) is 2. The van der Waals surface area contributed by atoms with Crippen molar-refractivity contribution in [1.29, 1.82) is 0 Å². The van der Waals surface area contributed by atoms with Gasteiger partial charge in [0.25, 0.3) is 0 Å². The number of aromatic nitrogens is 1. The van der Waals surface area contributed by atoms with E-state index in [0.717, 1.165) is 0 Å². The lowest BCUT2D eigenvalue weighted by molar-refractivity contribution is -0.274. The Morgan fingerprint density at radius 1 is 0.926 bits per heavy atom. The predicted octanol–water partition coefficient (Wildman–Crippen LogP) is 5.10. The lowest BCUT2D eigenvalue weighted by atomic mass is 9.99. The van der Waals surface area contributed by atoms with Crippen molar-refractivity contribution in [3.63, 3.8) is 0 Å². The summed E-state index contributed by atoms with van der Waals surface area (Å²) in [6, 6.07) is 14.4. The van der Waals surface area contributed by atoms with Crippen LogP contribution >= 0.6 is 0 Å². The van der Waals surface area contributed by atoms with Crippen molar-refractivity contribution in [2.24, 2.45) is 0 Å². The Morgan fingerprint density at radius 3 is 2.41 bits per heavy atom. The average molecular weight is 373 g/mol. The molecule has 0 aliphatic rings. The molecule has 27 heavy (non-hydrogen) atoms. The molecular weight excluding hydrogens is 359 g/mol. The number of hydrogen-bond acceptors (Lipinski definition) is 4. The van der Waals surface area contributed by atoms with Crippen LogP contribution in [-0.2, 0) is 4.74 Å². The van der Waals surface area contributed by atoms with Crippen LogP contribution in [0.4, 0.5) is 13.2 Å². The van der Waals surface area contributed by atoms with Crippen molar-refractivity contribution in [2.75, 3.05) is 7.11 Å². The smallest absolute Gasteiger partial charge is 0.465 e. The van der Waals surface area contributed by atoms with Gasteiger partial charge in [0.15, 0.2) is 0 Å². The summed E-state index contributed by atoms with van der Waals surface area (Å²) < 4.78 is 46.8. The first-order chi connectivity index (χ1) is 12.9. The van der Waals surface area contributed by atoms with E-state index < -0.39 is 12.3 Å². The molecule has 1 heterocycles. The highest BCUT2D eigenvalue weighted by Crippen LogP contribution is 2.35. The number of methoxy groups -OCH3 is 1. The Kier molecular flexibility index (Phi) is 5.12. The van der Waals surface area contributed by atoms with E-state index in [2.05, 4.69) is 14.5 Å². The fourth-order valence-corrected chi connectivity index (χ4v) is 2.61. The number of benzene rings is 2. The topological polar surface area (TPSA) is 48.4 Å². The summed E-state index contributed by atoms with van der Waals surface area (Å²) in [5.41, 5.74) is 2.44. The second-order valence-corrected chi connectivity index (χ2v) is 5.58. The Labute approximate surface area is 153 Å². The third-order valence-electron chi connectivity index (χ3n) is 3.78. The fraction of sp³-hybridized carbons (Fsp3) is 0.100. The highest BCUT2D eigenvalue weighted by atomic mass is 19.4. The van der Waals surface area contributed by atoms with Gasteiger partial charge < -0.3 is 9.47 Å². The van der Waals surface area contributed by atoms with Crippen molar-refractivity contribution in [2.45, 2.75) is 6.36 Å². The number of nitrogens with zero attached hydrogens (tertiary/aromatic N) is 1. The fourth-order valence-electron chi connectivity index (χ4n) is 2.61. The molecule has 3 aromatic rings. The van der Waals surface area contributed by atoms with Gasteiger partial charge in [-0.15, -0.1) is 13.2 Å². The SMILES string of the molecule is COC(=O)c1cncc(-c2cccc(-c3ccccc3OC(F)(F)F)c2)c1. The van der Waals surface area contributed by atoms with Crippen molar-refractivity contribution >= 4 is 5.97 Å². The second kappa shape index (κ2) is 7.49. The van der Waals surface area contributed by atoms with Gasteiger partial charge in [0.05, 0.1) is 12.7 Å². The summed E-state index contributed by atoms with van der Waals surface area (Å²) in [5, 5.41) is 0. The maximum atomic E-state index is 12.7. The van der Waals surface area contributed by atoms with E-state index in [0.29, 0.717) is 22.3 Å². The highest BCUT2D eigenvalue weighted by Gasteiger charge is 2.32. The molecule has 0 saturated carbocycles. The van der Waals surface area contributed by atoms with E-state index in [-0.39, 0.29) is 11.3 Å². The molecule has 0 atom stereocenters. The minimum atomic E-state index is -4.79. The molecule has 0 radical (unpaired) electrons. The minimum Gasteiger partial charge on any atom is -0.465 e. The van der Waals surface area contributed by atoms with Crippen LogP contribution in [-0.4, -0.2) is 24.4 Å². The number of para-hydroxylation sites is 1. The maximum Gasteiger partial charge on any atom is 0.573 e. The molecular formula is C20H14F3NO3. The highest BCUT2D eigenvalue weighted by molar-refractivity contribution is 5.90. The Morgan fingerprint density at radius 2 is 1.67 bits per heavy atom. The van der Waals surface area contributed by atoms with Crippen LogP contribution in [0.3, 0.4) is 0 Å². The Hall–Kier alpha value is -3.35. The number of pyridine rings is 1. The van der Waals surface area contributed by atoms with Crippen molar-refractivity contribution in [3.05, 3.63) is 72.6 Å². The van der Waals surface area contributed by atoms with Gasteiger partial charge in [-0.25, -0.2) is 4.79 Å². The third kappa shape index (κ3) is 4.44. The lowest BCUT2D eigenvalue weighted by Gasteiger charge is -2.14. The molecule has 4 nitrogen and oxygen atoms in total. The summed E-state index contributed by atoms with van der Waals surface area (Å²) in [6.45, 7) is 0. The Balaban J connectivity index is 2.02. The molecule has 0 spiro atoms. The maximum absolute atomic E-state index is 12.7. The minimum absolute atomic E-state index is 0.279. The molecule has 3 rings (SSSR count). The zero-order valence-electron chi connectivity index (χ0n) is 14.2. The van der Waals surface area contributed by atoms with Gasteiger partial charge in [-0.1, -0.05) is 36.4 Å². The van der Waals surface area contributed by atoms with Gasteiger partial charge in [0.1, 0.15) is 5.75 Å². The van der Waals surface area contributed by atoms with E-state index in [1.165, 1.54) is 25.4 Å². The molecule has 0 N–H and O–H groups in total. The van der Waals surface area contributed by atoms with Crippen molar-refractivity contribution < 1.29 is 27.4 Å². The van der Waals surface area contributed by atoms with Gasteiger partial charge in [-0.2, -0.15) is 0 Å². The van der Waals surface area contributed by atoms with E-state index in [1.54, 1.807) is 48.7 Å². The average Bonchev–Trinajstić information content (AvgIpc) is 2.67. The molecule has 0 aliphatic heterocycles. The van der Waals surface area contributed by atoms with Crippen LogP contribution < -0.4 is 4.74 Å². The van der Waals surface area contributed by atoms with E-state index in [9.17, 15) is 18.0 Å². The molecule has 1 aromatic heterocycles. The van der Waals surface area contributed by atoms with Crippen LogP contribution in [0.5, 0.6) is 5.75 Å². The summed E-state index contributed by atoms with van der Waals surface area (Å²) in [7, 11) is 1.27. The summed E-state index contributed by atoms with van der Waals surface area (Å²) in [6.07, 6.45) is -1.85. The predicted molar refractivity (Wildman–Crippen MR) is 93.1 cm³/mol. The quantitative estimate of drug-likeness (QED) is 0.597. The number of hydrogen-bond donors (Lipinski definition) is 0. The summed E-state index contributed by atoms with van der Waals surface area (Å²) >= 11 is 0. The van der Waals surface area contributed by atoms with Crippen LogP contribution in [0.2, 0.25) is 0 Å². The number of carbonyl (C=O) groups excluding carboxylic acids is 1. The van der Waals surface area contributed by atoms with Gasteiger partial charge in [0, 0.05) is 23.5 Å². The van der Waals surface area contributed by atoms with Crippen LogP contribution in [0.15, 0.2) is 67.0 Å². The molecule has 0 unspecified atom stereocenters. The monoisotopic (exact) mass is 373 g/mol. The molecule has 0 saturated heterocycles. The van der Waals surface area contributed by atoms with E-state index in [1.807, 2.05) is 0 Å². The third-order valence-corrected chi connectivity index (χ3v) is 3.78. The van der Waals surface area contributed by atoms with Crippen LogP contribution in [0.25, 0.3) is 22.3 Å². The number of esters is 1. The molecule has 0 aliphatic carbocycles. The van der Waals surface area contributed by atoms with Crippen molar-refractivity contribution in [1.82, 2.24) is 4.98 Å². The van der Waals surface area contributed by atoms with E-state index >= 15 is 0 Å². The van der Waals surface area contributed by atoms with Crippen molar-refractivity contribution in [3.8, 4) is 28.0 Å². The molecule has 0 amide bonds. The summed E-state index contributed by atoms with van der Waals surface area (Å²) in [5.74, 6) is -0.812. The molecule has 138 valence electrons. The lowest BCUT2D eigenvalue weighted by Crippen LogP contribution is -2.17. The zero-order valence-corrected chi connectivity index (χ0v) is 14.2. The Bertz CT molecular complexity index is 970. The number of halogens is 3. The van der Waals surface area contributed by atoms with Crippen LogP contribution in [0.1, 0.15) is 10.4 Å². The van der Waals surface area contributed by atoms with Gasteiger partial charge in [-0.05, 0) is 29.3 Å². The molecule has 7 heteroatoms. The first-order valence-corrected chi connectivity index (χ1v) is 7.86.